The fourth-order valence-corrected chi connectivity index (χ4v) is 2.45. The van der Waals surface area contributed by atoms with Crippen LogP contribution in [0.15, 0.2) is 11.6 Å². The van der Waals surface area contributed by atoms with E-state index in [0.717, 1.165) is 25.2 Å². The zero-order chi connectivity index (χ0) is 10.1. The highest BCUT2D eigenvalue weighted by atomic mass is 16.2. The highest BCUT2D eigenvalue weighted by molar-refractivity contribution is 5.93. The summed E-state index contributed by atoms with van der Waals surface area (Å²) in [6.45, 7) is 6.84. The molecule has 2 aliphatic rings. The van der Waals surface area contributed by atoms with E-state index in [1.807, 2.05) is 24.8 Å². The van der Waals surface area contributed by atoms with Gasteiger partial charge in [0.05, 0.1) is 0 Å². The molecule has 3 nitrogen and oxygen atoms in total. The molecule has 1 amide bonds. The Hall–Kier alpha value is -0.830. The lowest BCUT2D eigenvalue weighted by Crippen LogP contribution is -2.39. The summed E-state index contributed by atoms with van der Waals surface area (Å²) in [5.41, 5.74) is 0.873. The summed E-state index contributed by atoms with van der Waals surface area (Å²) >= 11 is 0. The Morgan fingerprint density at radius 3 is 3.00 bits per heavy atom. The molecule has 0 unspecified atom stereocenters. The molecule has 0 aromatic heterocycles. The molecular formula is C11H18N2O. The van der Waals surface area contributed by atoms with Gasteiger partial charge in [-0.2, -0.15) is 0 Å². The van der Waals surface area contributed by atoms with Gasteiger partial charge in [0.25, 0.3) is 0 Å². The Balaban J connectivity index is 2.08. The fraction of sp³-hybridized carbons (Fsp3) is 0.727. The predicted molar refractivity (Wildman–Crippen MR) is 55.9 cm³/mol. The molecule has 0 aromatic rings. The van der Waals surface area contributed by atoms with Crippen molar-refractivity contribution >= 4 is 5.91 Å². The Labute approximate surface area is 85.2 Å². The molecule has 2 rings (SSSR count). The molecule has 14 heavy (non-hydrogen) atoms. The number of allylic oxidation sites excluding steroid dienone is 1. The quantitative estimate of drug-likeness (QED) is 0.625. The Morgan fingerprint density at radius 1 is 1.50 bits per heavy atom. The number of hydrogen-bond donors (Lipinski definition) is 1. The predicted octanol–water partition coefficient (Wildman–Crippen LogP) is 0.773. The molecule has 2 atom stereocenters. The normalized spacial score (nSPS) is 32.1. The Bertz CT molecular complexity index is 272. The molecule has 3 heteroatoms. The zero-order valence-electron chi connectivity index (χ0n) is 8.92. The molecule has 2 fully saturated rings. The van der Waals surface area contributed by atoms with E-state index in [0.29, 0.717) is 12.0 Å². The standard InChI is InChI=1S/C11H18N2O/c1-3-8(2)11(14)13-5-4-9-6-12-7-10(9)13/h3,9-10,12H,4-7H2,1-2H3/b8-3-/t9-,10+/m0/s1. The molecule has 1 N–H and O–H groups in total. The van der Waals surface area contributed by atoms with Crippen LogP contribution in [-0.2, 0) is 4.79 Å². The molecule has 0 saturated carbocycles. The van der Waals surface area contributed by atoms with Gasteiger partial charge < -0.3 is 10.2 Å². The summed E-state index contributed by atoms with van der Waals surface area (Å²) in [6.07, 6.45) is 3.07. The van der Waals surface area contributed by atoms with Gasteiger partial charge in [0.2, 0.25) is 5.91 Å². The van der Waals surface area contributed by atoms with Crippen LogP contribution in [0, 0.1) is 5.92 Å². The van der Waals surface area contributed by atoms with Gasteiger partial charge >= 0.3 is 0 Å². The summed E-state index contributed by atoms with van der Waals surface area (Å²) in [6, 6.07) is 0.456. The molecular weight excluding hydrogens is 176 g/mol. The molecule has 2 saturated heterocycles. The summed E-state index contributed by atoms with van der Waals surface area (Å²) in [5.74, 6) is 0.923. The maximum absolute atomic E-state index is 11.9. The van der Waals surface area contributed by atoms with Crippen LogP contribution in [0.2, 0.25) is 0 Å². The minimum Gasteiger partial charge on any atom is -0.334 e. The van der Waals surface area contributed by atoms with Crippen molar-refractivity contribution in [1.29, 1.82) is 0 Å². The van der Waals surface area contributed by atoms with Crippen LogP contribution in [0.3, 0.4) is 0 Å². The van der Waals surface area contributed by atoms with Crippen molar-refractivity contribution in [2.45, 2.75) is 26.3 Å². The van der Waals surface area contributed by atoms with E-state index in [-0.39, 0.29) is 5.91 Å². The highest BCUT2D eigenvalue weighted by Crippen LogP contribution is 2.28. The van der Waals surface area contributed by atoms with Crippen LogP contribution in [0.4, 0.5) is 0 Å². The van der Waals surface area contributed by atoms with E-state index >= 15 is 0 Å². The number of likely N-dealkylation sites (tertiary alicyclic amines) is 1. The first-order valence-corrected chi connectivity index (χ1v) is 5.38. The maximum atomic E-state index is 11.9. The van der Waals surface area contributed by atoms with Gasteiger partial charge in [-0.1, -0.05) is 6.08 Å². The van der Waals surface area contributed by atoms with Gasteiger partial charge in [0, 0.05) is 31.2 Å². The van der Waals surface area contributed by atoms with Crippen LogP contribution in [0.1, 0.15) is 20.3 Å². The van der Waals surface area contributed by atoms with Crippen LogP contribution in [-0.4, -0.2) is 36.5 Å². The van der Waals surface area contributed by atoms with E-state index in [4.69, 9.17) is 0 Å². The van der Waals surface area contributed by atoms with Gasteiger partial charge in [0.15, 0.2) is 0 Å². The molecule has 2 heterocycles. The molecule has 0 radical (unpaired) electrons. The first-order valence-electron chi connectivity index (χ1n) is 5.38. The van der Waals surface area contributed by atoms with Gasteiger partial charge in [-0.05, 0) is 26.2 Å². The summed E-state index contributed by atoms with van der Waals surface area (Å²) in [7, 11) is 0. The van der Waals surface area contributed by atoms with Gasteiger partial charge in [-0.25, -0.2) is 0 Å². The number of nitrogens with one attached hydrogen (secondary N) is 1. The zero-order valence-corrected chi connectivity index (χ0v) is 8.92. The largest absolute Gasteiger partial charge is 0.334 e. The minimum absolute atomic E-state index is 0.226. The van der Waals surface area contributed by atoms with Crippen molar-refractivity contribution in [3.63, 3.8) is 0 Å². The third kappa shape index (κ3) is 1.46. The number of rotatable bonds is 1. The number of fused-ring (bicyclic) bond motifs is 1. The third-order valence-electron chi connectivity index (χ3n) is 3.48. The van der Waals surface area contributed by atoms with Crippen molar-refractivity contribution in [2.75, 3.05) is 19.6 Å². The van der Waals surface area contributed by atoms with E-state index in [1.54, 1.807) is 0 Å². The van der Waals surface area contributed by atoms with E-state index in [2.05, 4.69) is 5.32 Å². The van der Waals surface area contributed by atoms with E-state index < -0.39 is 0 Å². The van der Waals surface area contributed by atoms with Crippen molar-refractivity contribution < 1.29 is 4.79 Å². The number of nitrogens with zero attached hydrogens (tertiary/aromatic N) is 1. The van der Waals surface area contributed by atoms with E-state index in [1.165, 1.54) is 6.42 Å². The molecule has 0 bridgehead atoms. The Morgan fingerprint density at radius 2 is 2.29 bits per heavy atom. The number of hydrogen-bond acceptors (Lipinski definition) is 2. The molecule has 78 valence electrons. The van der Waals surface area contributed by atoms with Crippen LogP contribution >= 0.6 is 0 Å². The van der Waals surface area contributed by atoms with Gasteiger partial charge in [-0.15, -0.1) is 0 Å². The molecule has 0 spiro atoms. The van der Waals surface area contributed by atoms with Gasteiger partial charge in [-0.3, -0.25) is 4.79 Å². The average Bonchev–Trinajstić information content (AvgIpc) is 2.76. The summed E-state index contributed by atoms with van der Waals surface area (Å²) in [5, 5.41) is 3.35. The highest BCUT2D eigenvalue weighted by Gasteiger charge is 2.39. The number of carbonyl (C=O) groups excluding carboxylic acids is 1. The smallest absolute Gasteiger partial charge is 0.249 e. The Kier molecular flexibility index (Phi) is 2.59. The lowest BCUT2D eigenvalue weighted by Gasteiger charge is -2.23. The monoisotopic (exact) mass is 194 g/mol. The topological polar surface area (TPSA) is 32.3 Å². The van der Waals surface area contributed by atoms with Crippen LogP contribution < -0.4 is 5.32 Å². The lowest BCUT2D eigenvalue weighted by atomic mass is 10.0. The average molecular weight is 194 g/mol. The summed E-state index contributed by atoms with van der Waals surface area (Å²) < 4.78 is 0. The third-order valence-corrected chi connectivity index (χ3v) is 3.48. The SMILES string of the molecule is C/C=C(/C)C(=O)N1CC[C@H]2CNC[C@H]21. The first kappa shape index (κ1) is 9.71. The van der Waals surface area contributed by atoms with Crippen molar-refractivity contribution in [2.24, 2.45) is 5.92 Å². The number of carbonyl (C=O) groups is 1. The number of amides is 1. The van der Waals surface area contributed by atoms with Gasteiger partial charge in [0.1, 0.15) is 0 Å². The first-order chi connectivity index (χ1) is 6.74. The maximum Gasteiger partial charge on any atom is 0.249 e. The second-order valence-corrected chi connectivity index (χ2v) is 4.24. The fourth-order valence-electron chi connectivity index (χ4n) is 2.45. The second-order valence-electron chi connectivity index (χ2n) is 4.24. The van der Waals surface area contributed by atoms with Crippen LogP contribution in [0.25, 0.3) is 0 Å². The molecule has 0 aliphatic carbocycles. The second kappa shape index (κ2) is 3.73. The summed E-state index contributed by atoms with van der Waals surface area (Å²) in [4.78, 5) is 14.0. The molecule has 0 aromatic carbocycles. The van der Waals surface area contributed by atoms with Crippen molar-refractivity contribution in [3.8, 4) is 0 Å². The van der Waals surface area contributed by atoms with Crippen molar-refractivity contribution in [3.05, 3.63) is 11.6 Å². The minimum atomic E-state index is 0.226. The van der Waals surface area contributed by atoms with Crippen molar-refractivity contribution in [1.82, 2.24) is 10.2 Å². The molecule has 2 aliphatic heterocycles. The van der Waals surface area contributed by atoms with E-state index in [9.17, 15) is 4.79 Å². The lowest BCUT2D eigenvalue weighted by molar-refractivity contribution is -0.127. The van der Waals surface area contributed by atoms with Crippen LogP contribution in [0.5, 0.6) is 0 Å².